The summed E-state index contributed by atoms with van der Waals surface area (Å²) >= 11 is 0. The number of benzene rings is 1. The molecule has 1 aromatic heterocycles. The Morgan fingerprint density at radius 1 is 1.20 bits per heavy atom. The monoisotopic (exact) mass is 281 g/mol. The number of aromatic amines is 1. The van der Waals surface area contributed by atoms with E-state index in [0.29, 0.717) is 18.2 Å². The SMILES string of the molecule is FC(F)(F)c1ccc(-c2[nH]ncc2CNC2CC2)cc1. The second-order valence-electron chi connectivity index (χ2n) is 5.00. The van der Waals surface area contributed by atoms with E-state index < -0.39 is 11.7 Å². The van der Waals surface area contributed by atoms with E-state index in [0.717, 1.165) is 23.4 Å². The maximum atomic E-state index is 12.5. The fourth-order valence-corrected chi connectivity index (χ4v) is 2.06. The van der Waals surface area contributed by atoms with Gasteiger partial charge in [-0.1, -0.05) is 12.1 Å². The summed E-state index contributed by atoms with van der Waals surface area (Å²) in [5, 5.41) is 10.2. The summed E-state index contributed by atoms with van der Waals surface area (Å²) in [5.41, 5.74) is 1.81. The Morgan fingerprint density at radius 2 is 1.90 bits per heavy atom. The molecule has 6 heteroatoms. The normalized spacial score (nSPS) is 15.6. The predicted molar refractivity (Wildman–Crippen MR) is 68.9 cm³/mol. The Bertz CT molecular complexity index is 582. The average molecular weight is 281 g/mol. The Morgan fingerprint density at radius 3 is 2.50 bits per heavy atom. The highest BCUT2D eigenvalue weighted by molar-refractivity contribution is 5.63. The molecule has 3 nitrogen and oxygen atoms in total. The van der Waals surface area contributed by atoms with Gasteiger partial charge in [0.1, 0.15) is 0 Å². The van der Waals surface area contributed by atoms with Crippen LogP contribution in [0.25, 0.3) is 11.3 Å². The maximum Gasteiger partial charge on any atom is 0.416 e. The summed E-state index contributed by atoms with van der Waals surface area (Å²) in [4.78, 5) is 0. The van der Waals surface area contributed by atoms with Gasteiger partial charge in [0.05, 0.1) is 17.5 Å². The molecule has 0 bridgehead atoms. The van der Waals surface area contributed by atoms with Crippen molar-refractivity contribution in [2.45, 2.75) is 31.6 Å². The van der Waals surface area contributed by atoms with Crippen LogP contribution in [-0.2, 0) is 12.7 Å². The number of halogens is 3. The number of nitrogens with one attached hydrogen (secondary N) is 2. The van der Waals surface area contributed by atoms with Crippen molar-refractivity contribution in [3.63, 3.8) is 0 Å². The fourth-order valence-electron chi connectivity index (χ4n) is 2.06. The zero-order chi connectivity index (χ0) is 14.2. The highest BCUT2D eigenvalue weighted by atomic mass is 19.4. The van der Waals surface area contributed by atoms with Crippen molar-refractivity contribution in [2.24, 2.45) is 0 Å². The van der Waals surface area contributed by atoms with Crippen molar-refractivity contribution in [3.05, 3.63) is 41.6 Å². The van der Waals surface area contributed by atoms with Gasteiger partial charge < -0.3 is 5.32 Å². The zero-order valence-corrected chi connectivity index (χ0v) is 10.7. The van der Waals surface area contributed by atoms with Crippen molar-refractivity contribution < 1.29 is 13.2 Å². The highest BCUT2D eigenvalue weighted by Gasteiger charge is 2.30. The molecule has 0 amide bonds. The number of rotatable bonds is 4. The van der Waals surface area contributed by atoms with Crippen LogP contribution in [0.5, 0.6) is 0 Å². The molecule has 1 aliphatic carbocycles. The van der Waals surface area contributed by atoms with E-state index in [2.05, 4.69) is 15.5 Å². The van der Waals surface area contributed by atoms with E-state index in [1.165, 1.54) is 25.0 Å². The van der Waals surface area contributed by atoms with Crippen LogP contribution in [0.3, 0.4) is 0 Å². The average Bonchev–Trinajstić information content (AvgIpc) is 3.12. The molecule has 0 atom stereocenters. The standard InChI is InChI=1S/C14H14F3N3/c15-14(16,17)11-3-1-9(2-4-11)13-10(8-19-20-13)7-18-12-5-6-12/h1-4,8,12,18H,5-7H2,(H,19,20). The van der Waals surface area contributed by atoms with Crippen LogP contribution in [-0.4, -0.2) is 16.2 Å². The predicted octanol–water partition coefficient (Wildman–Crippen LogP) is 3.35. The van der Waals surface area contributed by atoms with Crippen molar-refractivity contribution in [2.75, 3.05) is 0 Å². The Hall–Kier alpha value is -1.82. The minimum absolute atomic E-state index is 0.574. The molecule has 1 heterocycles. The third-order valence-electron chi connectivity index (χ3n) is 3.38. The number of hydrogen-bond acceptors (Lipinski definition) is 2. The van der Waals surface area contributed by atoms with Crippen LogP contribution >= 0.6 is 0 Å². The van der Waals surface area contributed by atoms with Gasteiger partial charge in [-0.25, -0.2) is 0 Å². The smallest absolute Gasteiger partial charge is 0.310 e. The zero-order valence-electron chi connectivity index (χ0n) is 10.7. The van der Waals surface area contributed by atoms with E-state index >= 15 is 0 Å². The lowest BCUT2D eigenvalue weighted by molar-refractivity contribution is -0.137. The van der Waals surface area contributed by atoms with E-state index in [9.17, 15) is 13.2 Å². The van der Waals surface area contributed by atoms with Crippen LogP contribution in [0.4, 0.5) is 13.2 Å². The Labute approximate surface area is 114 Å². The van der Waals surface area contributed by atoms with Crippen LogP contribution in [0.2, 0.25) is 0 Å². The quantitative estimate of drug-likeness (QED) is 0.902. The van der Waals surface area contributed by atoms with E-state index in [-0.39, 0.29) is 0 Å². The molecule has 0 spiro atoms. The first-order valence-electron chi connectivity index (χ1n) is 6.47. The van der Waals surface area contributed by atoms with Gasteiger partial charge in [0.15, 0.2) is 0 Å². The topological polar surface area (TPSA) is 40.7 Å². The summed E-state index contributed by atoms with van der Waals surface area (Å²) in [6.45, 7) is 0.678. The van der Waals surface area contributed by atoms with Crippen molar-refractivity contribution in [1.82, 2.24) is 15.5 Å². The van der Waals surface area contributed by atoms with Gasteiger partial charge in [-0.3, -0.25) is 5.10 Å². The first-order valence-corrected chi connectivity index (χ1v) is 6.47. The maximum absolute atomic E-state index is 12.5. The lowest BCUT2D eigenvalue weighted by atomic mass is 10.1. The molecule has 0 unspecified atom stereocenters. The minimum atomic E-state index is -4.30. The number of hydrogen-bond donors (Lipinski definition) is 2. The fraction of sp³-hybridized carbons (Fsp3) is 0.357. The van der Waals surface area contributed by atoms with Gasteiger partial charge in [-0.15, -0.1) is 0 Å². The van der Waals surface area contributed by atoms with E-state index in [4.69, 9.17) is 0 Å². The molecular weight excluding hydrogens is 267 g/mol. The second kappa shape index (κ2) is 4.94. The highest BCUT2D eigenvalue weighted by Crippen LogP contribution is 2.31. The third kappa shape index (κ3) is 2.85. The molecule has 3 rings (SSSR count). The lowest BCUT2D eigenvalue weighted by Gasteiger charge is -2.08. The van der Waals surface area contributed by atoms with E-state index in [1.54, 1.807) is 6.20 Å². The van der Waals surface area contributed by atoms with Gasteiger partial charge in [0.25, 0.3) is 0 Å². The molecule has 106 valence electrons. The van der Waals surface area contributed by atoms with Gasteiger partial charge in [-0.05, 0) is 30.5 Å². The first kappa shape index (κ1) is 13.2. The molecule has 1 fully saturated rings. The van der Waals surface area contributed by atoms with E-state index in [1.807, 2.05) is 0 Å². The first-order chi connectivity index (χ1) is 9.54. The Kier molecular flexibility index (Phi) is 3.25. The molecule has 0 radical (unpaired) electrons. The summed E-state index contributed by atoms with van der Waals surface area (Å²) in [6, 6.07) is 5.70. The van der Waals surface area contributed by atoms with Gasteiger partial charge >= 0.3 is 6.18 Å². The third-order valence-corrected chi connectivity index (χ3v) is 3.38. The van der Waals surface area contributed by atoms with Crippen molar-refractivity contribution in [3.8, 4) is 11.3 Å². The molecule has 20 heavy (non-hydrogen) atoms. The number of nitrogens with zero attached hydrogens (tertiary/aromatic N) is 1. The molecule has 0 aliphatic heterocycles. The van der Waals surface area contributed by atoms with Crippen LogP contribution in [0.1, 0.15) is 24.0 Å². The molecule has 1 aliphatic rings. The summed E-state index contributed by atoms with van der Waals surface area (Å²) in [6.07, 6.45) is -0.216. The largest absolute Gasteiger partial charge is 0.416 e. The second-order valence-corrected chi connectivity index (χ2v) is 5.00. The number of H-pyrrole nitrogens is 1. The molecule has 2 N–H and O–H groups in total. The molecule has 1 saturated carbocycles. The minimum Gasteiger partial charge on any atom is -0.310 e. The van der Waals surface area contributed by atoms with Crippen LogP contribution < -0.4 is 5.32 Å². The molecule has 2 aromatic rings. The van der Waals surface area contributed by atoms with Gasteiger partial charge in [-0.2, -0.15) is 18.3 Å². The van der Waals surface area contributed by atoms with Gasteiger partial charge in [0.2, 0.25) is 0 Å². The summed E-state index contributed by atoms with van der Waals surface area (Å²) in [5.74, 6) is 0. The van der Waals surface area contributed by atoms with Crippen LogP contribution in [0.15, 0.2) is 30.5 Å². The molecular formula is C14H14F3N3. The van der Waals surface area contributed by atoms with Crippen LogP contribution in [0, 0.1) is 0 Å². The number of aromatic nitrogens is 2. The van der Waals surface area contributed by atoms with Crippen molar-refractivity contribution in [1.29, 1.82) is 0 Å². The summed E-state index contributed by atoms with van der Waals surface area (Å²) in [7, 11) is 0. The lowest BCUT2D eigenvalue weighted by Crippen LogP contribution is -2.15. The summed E-state index contributed by atoms with van der Waals surface area (Å²) < 4.78 is 37.6. The van der Waals surface area contributed by atoms with Crippen molar-refractivity contribution >= 4 is 0 Å². The number of alkyl halides is 3. The van der Waals surface area contributed by atoms with Gasteiger partial charge in [0, 0.05) is 18.2 Å². The molecule has 1 aromatic carbocycles. The molecule has 0 saturated heterocycles. The Balaban J connectivity index is 1.79.